The van der Waals surface area contributed by atoms with E-state index in [0.29, 0.717) is 11.5 Å². The highest BCUT2D eigenvalue weighted by molar-refractivity contribution is 5.89. The van der Waals surface area contributed by atoms with Crippen LogP contribution in [0.25, 0.3) is 0 Å². The molecule has 0 saturated heterocycles. The van der Waals surface area contributed by atoms with Crippen molar-refractivity contribution in [3.05, 3.63) is 29.3 Å². The van der Waals surface area contributed by atoms with E-state index >= 15 is 0 Å². The van der Waals surface area contributed by atoms with Crippen molar-refractivity contribution in [3.63, 3.8) is 0 Å². The minimum atomic E-state index is -0.868. The Hall–Kier alpha value is -1.51. The number of anilines is 1. The number of benzene rings is 1. The van der Waals surface area contributed by atoms with Crippen LogP contribution in [0.2, 0.25) is 0 Å². The Bertz CT molecular complexity index is 446. The first-order chi connectivity index (χ1) is 7.88. The van der Waals surface area contributed by atoms with Crippen LogP contribution in [0.4, 0.5) is 5.69 Å². The molecule has 0 radical (unpaired) electrons. The van der Waals surface area contributed by atoms with Crippen LogP contribution in [-0.2, 0) is 6.42 Å². The number of aromatic carboxylic acids is 1. The summed E-state index contributed by atoms with van der Waals surface area (Å²) in [4.78, 5) is 10.9. The van der Waals surface area contributed by atoms with Gasteiger partial charge in [0.25, 0.3) is 0 Å². The predicted octanol–water partition coefficient (Wildman–Crippen LogP) is 3.02. The molecule has 3 heteroatoms. The minimum Gasteiger partial charge on any atom is -0.478 e. The molecule has 17 heavy (non-hydrogen) atoms. The van der Waals surface area contributed by atoms with Crippen molar-refractivity contribution in [2.75, 3.05) is 11.9 Å². The van der Waals surface area contributed by atoms with E-state index < -0.39 is 5.97 Å². The van der Waals surface area contributed by atoms with Crippen LogP contribution in [0.3, 0.4) is 0 Å². The lowest BCUT2D eigenvalue weighted by Gasteiger charge is -2.35. The van der Waals surface area contributed by atoms with E-state index in [2.05, 4.69) is 26.1 Å². The number of hydrogen-bond donors (Lipinski definition) is 2. The van der Waals surface area contributed by atoms with Crippen molar-refractivity contribution < 1.29 is 9.90 Å². The van der Waals surface area contributed by atoms with Gasteiger partial charge in [0.1, 0.15) is 0 Å². The first kappa shape index (κ1) is 12.0. The average molecular weight is 233 g/mol. The molecular formula is C14H19NO2. The minimum absolute atomic E-state index is 0.274. The molecule has 0 amide bonds. The lowest BCUT2D eigenvalue weighted by Crippen LogP contribution is -2.33. The number of nitrogens with one attached hydrogen (secondary N) is 1. The van der Waals surface area contributed by atoms with Crippen molar-refractivity contribution >= 4 is 11.7 Å². The second-order valence-electron chi connectivity index (χ2n) is 5.83. The van der Waals surface area contributed by atoms with Gasteiger partial charge in [-0.05, 0) is 35.4 Å². The van der Waals surface area contributed by atoms with Crippen molar-refractivity contribution in [3.8, 4) is 0 Å². The highest BCUT2D eigenvalue weighted by atomic mass is 16.4. The van der Waals surface area contributed by atoms with E-state index in [1.165, 1.54) is 5.56 Å². The quantitative estimate of drug-likeness (QED) is 0.784. The maximum atomic E-state index is 10.9. The number of hydrogen-bond acceptors (Lipinski definition) is 2. The molecule has 1 aromatic carbocycles. The van der Waals surface area contributed by atoms with Crippen molar-refractivity contribution in [1.82, 2.24) is 0 Å². The molecule has 0 fully saturated rings. The lowest BCUT2D eigenvalue weighted by atomic mass is 9.75. The molecule has 0 aromatic heterocycles. The van der Waals surface area contributed by atoms with Gasteiger partial charge in [0.05, 0.1) is 5.56 Å². The molecule has 1 aliphatic heterocycles. The maximum absolute atomic E-state index is 10.9. The van der Waals surface area contributed by atoms with Gasteiger partial charge in [-0.25, -0.2) is 4.79 Å². The summed E-state index contributed by atoms with van der Waals surface area (Å²) in [5, 5.41) is 12.3. The molecule has 1 aromatic rings. The Kier molecular flexibility index (Phi) is 2.86. The molecule has 1 atom stereocenters. The largest absolute Gasteiger partial charge is 0.478 e. The van der Waals surface area contributed by atoms with Gasteiger partial charge in [-0.15, -0.1) is 0 Å². The summed E-state index contributed by atoms with van der Waals surface area (Å²) >= 11 is 0. The van der Waals surface area contributed by atoms with Gasteiger partial charge in [-0.2, -0.15) is 0 Å². The summed E-state index contributed by atoms with van der Waals surface area (Å²) in [7, 11) is 0. The maximum Gasteiger partial charge on any atom is 0.335 e. The van der Waals surface area contributed by atoms with Gasteiger partial charge in [0, 0.05) is 12.2 Å². The molecule has 0 spiro atoms. The highest BCUT2D eigenvalue weighted by Crippen LogP contribution is 2.35. The Labute approximate surface area is 102 Å². The Morgan fingerprint density at radius 3 is 2.71 bits per heavy atom. The van der Waals surface area contributed by atoms with Gasteiger partial charge < -0.3 is 10.4 Å². The third-order valence-electron chi connectivity index (χ3n) is 3.59. The van der Waals surface area contributed by atoms with Crippen LogP contribution in [-0.4, -0.2) is 17.6 Å². The predicted molar refractivity (Wildman–Crippen MR) is 68.5 cm³/mol. The first-order valence-corrected chi connectivity index (χ1v) is 5.98. The summed E-state index contributed by atoms with van der Waals surface area (Å²) in [5.74, 6) is -0.279. The summed E-state index contributed by atoms with van der Waals surface area (Å²) in [6.07, 6.45) is 1.02. The van der Waals surface area contributed by atoms with E-state index in [9.17, 15) is 4.79 Å². The standard InChI is InChI=1S/C14H19NO2/c1-14(2,3)11-6-9-4-5-10(13(16)17)7-12(9)15-8-11/h4-5,7,11,15H,6,8H2,1-3H3,(H,16,17). The van der Waals surface area contributed by atoms with Crippen LogP contribution in [0.1, 0.15) is 36.7 Å². The van der Waals surface area contributed by atoms with E-state index in [4.69, 9.17) is 5.11 Å². The SMILES string of the molecule is CC(C)(C)C1CNc2cc(C(=O)O)ccc2C1. The molecule has 2 rings (SSSR count). The number of carbonyl (C=O) groups is 1. The highest BCUT2D eigenvalue weighted by Gasteiger charge is 2.28. The first-order valence-electron chi connectivity index (χ1n) is 5.98. The molecular weight excluding hydrogens is 214 g/mol. The van der Waals surface area contributed by atoms with Gasteiger partial charge in [-0.3, -0.25) is 0 Å². The van der Waals surface area contributed by atoms with Crippen LogP contribution in [0.15, 0.2) is 18.2 Å². The fourth-order valence-electron chi connectivity index (χ4n) is 2.24. The van der Waals surface area contributed by atoms with Gasteiger partial charge >= 0.3 is 5.97 Å². The van der Waals surface area contributed by atoms with Crippen LogP contribution >= 0.6 is 0 Å². The molecule has 1 aliphatic rings. The zero-order chi connectivity index (χ0) is 12.6. The van der Waals surface area contributed by atoms with E-state index in [-0.39, 0.29) is 5.41 Å². The second-order valence-corrected chi connectivity index (χ2v) is 5.83. The number of fused-ring (bicyclic) bond motifs is 1. The fourth-order valence-corrected chi connectivity index (χ4v) is 2.24. The smallest absolute Gasteiger partial charge is 0.335 e. The molecule has 1 heterocycles. The summed E-state index contributed by atoms with van der Waals surface area (Å²) in [6, 6.07) is 5.36. The fraction of sp³-hybridized carbons (Fsp3) is 0.500. The summed E-state index contributed by atoms with van der Waals surface area (Å²) in [5.41, 5.74) is 2.83. The van der Waals surface area contributed by atoms with Crippen molar-refractivity contribution in [2.45, 2.75) is 27.2 Å². The number of carboxylic acids is 1. The van der Waals surface area contributed by atoms with Crippen molar-refractivity contribution in [1.29, 1.82) is 0 Å². The molecule has 1 unspecified atom stereocenters. The van der Waals surface area contributed by atoms with Crippen molar-refractivity contribution in [2.24, 2.45) is 11.3 Å². The topological polar surface area (TPSA) is 49.3 Å². The molecule has 3 nitrogen and oxygen atoms in total. The third kappa shape index (κ3) is 2.43. The zero-order valence-electron chi connectivity index (χ0n) is 10.6. The molecule has 0 saturated carbocycles. The van der Waals surface area contributed by atoms with Gasteiger partial charge in [-0.1, -0.05) is 26.8 Å². The molecule has 0 aliphatic carbocycles. The van der Waals surface area contributed by atoms with E-state index in [1.54, 1.807) is 12.1 Å². The van der Waals surface area contributed by atoms with Gasteiger partial charge in [0.2, 0.25) is 0 Å². The van der Waals surface area contributed by atoms with E-state index in [1.807, 2.05) is 6.07 Å². The summed E-state index contributed by atoms with van der Waals surface area (Å²) in [6.45, 7) is 7.65. The van der Waals surface area contributed by atoms with Gasteiger partial charge in [0.15, 0.2) is 0 Å². The molecule has 2 N–H and O–H groups in total. The second kappa shape index (κ2) is 4.06. The Balaban J connectivity index is 2.26. The number of rotatable bonds is 1. The summed E-state index contributed by atoms with van der Waals surface area (Å²) < 4.78 is 0. The van der Waals surface area contributed by atoms with E-state index in [0.717, 1.165) is 18.7 Å². The molecule has 92 valence electrons. The lowest BCUT2D eigenvalue weighted by molar-refractivity contribution is 0.0697. The Morgan fingerprint density at radius 1 is 1.41 bits per heavy atom. The van der Waals surface area contributed by atoms with Crippen LogP contribution in [0.5, 0.6) is 0 Å². The third-order valence-corrected chi connectivity index (χ3v) is 3.59. The average Bonchev–Trinajstić information content (AvgIpc) is 2.26. The van der Waals surface area contributed by atoms with Crippen LogP contribution in [0, 0.1) is 11.3 Å². The number of carboxylic acid groups (broad SMARTS) is 1. The monoisotopic (exact) mass is 233 g/mol. The Morgan fingerprint density at radius 2 is 2.12 bits per heavy atom. The molecule has 0 bridgehead atoms. The van der Waals surface area contributed by atoms with Crippen LogP contribution < -0.4 is 5.32 Å². The zero-order valence-corrected chi connectivity index (χ0v) is 10.6. The normalized spacial score (nSPS) is 19.4.